The van der Waals surface area contributed by atoms with Crippen LogP contribution in [0.3, 0.4) is 0 Å². The van der Waals surface area contributed by atoms with Gasteiger partial charge in [0, 0.05) is 30.1 Å². The number of nitrogens with zero attached hydrogens (tertiary/aromatic N) is 1. The van der Waals surface area contributed by atoms with E-state index in [2.05, 4.69) is 67.9 Å². The van der Waals surface area contributed by atoms with Crippen LogP contribution in [0.4, 0.5) is 11.4 Å². The lowest BCUT2D eigenvalue weighted by molar-refractivity contribution is -0.137. The summed E-state index contributed by atoms with van der Waals surface area (Å²) >= 11 is 2.16. The summed E-state index contributed by atoms with van der Waals surface area (Å²) in [5, 5.41) is 14.0. The summed E-state index contributed by atoms with van der Waals surface area (Å²) in [7, 11) is 0. The number of anilines is 2. The molecule has 1 aromatic rings. The van der Waals surface area contributed by atoms with Gasteiger partial charge < -0.3 is 15.3 Å². The van der Waals surface area contributed by atoms with Crippen LogP contribution in [-0.2, 0) is 4.79 Å². The highest BCUT2D eigenvalue weighted by Gasteiger charge is 2.34. The largest absolute Gasteiger partial charge is 0.481 e. The molecule has 31 heavy (non-hydrogen) atoms. The standard InChI is InChI=1S/C26H42N2O2S/c1-17(2)14-28(15-18(3)4)24-10-8-21(19(5)12-26(29)30)13-23(24)27-22-9-11-25(31-16-22)20-6-7-20/h8,10,13,17-20,22,25,27H,6-7,9,11-12,14-16H2,1-5H3,(H,29,30). The molecule has 2 aliphatic rings. The first kappa shape index (κ1) is 24.3. The first-order chi connectivity index (χ1) is 14.7. The number of carboxylic acids is 1. The van der Waals surface area contributed by atoms with Crippen LogP contribution < -0.4 is 10.2 Å². The van der Waals surface area contributed by atoms with Crippen LogP contribution in [0, 0.1) is 17.8 Å². The van der Waals surface area contributed by atoms with E-state index in [0.717, 1.165) is 29.8 Å². The zero-order valence-corrected chi connectivity index (χ0v) is 20.9. The van der Waals surface area contributed by atoms with Crippen LogP contribution in [0.5, 0.6) is 0 Å². The summed E-state index contributed by atoms with van der Waals surface area (Å²) < 4.78 is 0. The minimum atomic E-state index is -0.734. The summed E-state index contributed by atoms with van der Waals surface area (Å²) in [4.78, 5) is 13.8. The van der Waals surface area contributed by atoms with Crippen molar-refractivity contribution in [3.8, 4) is 0 Å². The highest BCUT2D eigenvalue weighted by molar-refractivity contribution is 8.00. The molecule has 0 amide bonds. The van der Waals surface area contributed by atoms with Crippen LogP contribution in [0.2, 0.25) is 0 Å². The van der Waals surface area contributed by atoms with Crippen molar-refractivity contribution >= 4 is 29.1 Å². The van der Waals surface area contributed by atoms with Crippen molar-refractivity contribution in [2.24, 2.45) is 17.8 Å². The SMILES string of the molecule is CC(C)CN(CC(C)C)c1ccc(C(C)CC(=O)O)cc1NC1CCC(C2CC2)SC1. The molecular weight excluding hydrogens is 404 g/mol. The highest BCUT2D eigenvalue weighted by Crippen LogP contribution is 2.44. The molecule has 1 saturated heterocycles. The maximum absolute atomic E-state index is 11.3. The van der Waals surface area contributed by atoms with Crippen LogP contribution in [0.25, 0.3) is 0 Å². The van der Waals surface area contributed by atoms with Crippen LogP contribution in [0.1, 0.15) is 78.2 Å². The molecule has 5 heteroatoms. The van der Waals surface area contributed by atoms with E-state index in [1.807, 2.05) is 6.92 Å². The van der Waals surface area contributed by atoms with Gasteiger partial charge in [-0.25, -0.2) is 0 Å². The maximum Gasteiger partial charge on any atom is 0.303 e. The zero-order chi connectivity index (χ0) is 22.5. The Morgan fingerprint density at radius 1 is 1.10 bits per heavy atom. The highest BCUT2D eigenvalue weighted by atomic mass is 32.2. The molecule has 0 bridgehead atoms. The Labute approximate surface area is 193 Å². The van der Waals surface area contributed by atoms with Crippen LogP contribution >= 0.6 is 11.8 Å². The number of nitrogens with one attached hydrogen (secondary N) is 1. The molecule has 3 rings (SSSR count). The first-order valence-electron chi connectivity index (χ1n) is 12.2. The average Bonchev–Trinajstić information content (AvgIpc) is 3.52. The van der Waals surface area contributed by atoms with E-state index < -0.39 is 5.97 Å². The Bertz CT molecular complexity index is 714. The molecule has 1 heterocycles. The normalized spacial score (nSPS) is 22.5. The van der Waals surface area contributed by atoms with E-state index in [1.165, 1.54) is 42.8 Å². The summed E-state index contributed by atoms with van der Waals surface area (Å²) in [6, 6.07) is 7.09. The molecule has 4 nitrogen and oxygen atoms in total. The van der Waals surface area contributed by atoms with Gasteiger partial charge >= 0.3 is 5.97 Å². The first-order valence-corrected chi connectivity index (χ1v) is 13.3. The number of hydrogen-bond donors (Lipinski definition) is 2. The van der Waals surface area contributed by atoms with E-state index in [-0.39, 0.29) is 12.3 Å². The van der Waals surface area contributed by atoms with Crippen molar-refractivity contribution in [3.63, 3.8) is 0 Å². The summed E-state index contributed by atoms with van der Waals surface area (Å²) in [6.45, 7) is 13.2. The van der Waals surface area contributed by atoms with Gasteiger partial charge in [-0.15, -0.1) is 0 Å². The Hall–Kier alpha value is -1.36. The van der Waals surface area contributed by atoms with Gasteiger partial charge in [0.05, 0.1) is 17.8 Å². The number of aliphatic carboxylic acids is 1. The van der Waals surface area contributed by atoms with Crippen molar-refractivity contribution in [1.82, 2.24) is 0 Å². The monoisotopic (exact) mass is 446 g/mol. The third-order valence-corrected chi connectivity index (χ3v) is 8.04. The lowest BCUT2D eigenvalue weighted by Gasteiger charge is -2.34. The van der Waals surface area contributed by atoms with E-state index >= 15 is 0 Å². The molecule has 2 fully saturated rings. The quantitative estimate of drug-likeness (QED) is 0.408. The molecule has 174 valence electrons. The Morgan fingerprint density at radius 2 is 1.77 bits per heavy atom. The molecule has 3 atom stereocenters. The third kappa shape index (κ3) is 7.34. The Balaban J connectivity index is 1.82. The fourth-order valence-electron chi connectivity index (χ4n) is 4.73. The Morgan fingerprint density at radius 3 is 2.29 bits per heavy atom. The van der Waals surface area contributed by atoms with Crippen molar-refractivity contribution in [2.45, 2.75) is 83.9 Å². The van der Waals surface area contributed by atoms with Crippen LogP contribution in [0.15, 0.2) is 18.2 Å². The Kier molecular flexibility index (Phi) is 8.60. The van der Waals surface area contributed by atoms with Gasteiger partial charge in [0.25, 0.3) is 0 Å². The van der Waals surface area contributed by atoms with E-state index in [1.54, 1.807) is 0 Å². The maximum atomic E-state index is 11.3. The number of carbonyl (C=O) groups is 1. The van der Waals surface area contributed by atoms with E-state index in [0.29, 0.717) is 17.9 Å². The van der Waals surface area contributed by atoms with Crippen molar-refractivity contribution < 1.29 is 9.90 Å². The van der Waals surface area contributed by atoms with E-state index in [4.69, 9.17) is 0 Å². The molecule has 1 aliphatic heterocycles. The van der Waals surface area contributed by atoms with Gasteiger partial charge in [0.15, 0.2) is 0 Å². The summed E-state index contributed by atoms with van der Waals surface area (Å²) in [5.41, 5.74) is 3.57. The number of rotatable bonds is 11. The smallest absolute Gasteiger partial charge is 0.303 e. The third-order valence-electron chi connectivity index (χ3n) is 6.40. The lowest BCUT2D eigenvalue weighted by atomic mass is 9.96. The number of thioether (sulfide) groups is 1. The minimum absolute atomic E-state index is 0.00993. The predicted octanol–water partition coefficient (Wildman–Crippen LogP) is 6.47. The minimum Gasteiger partial charge on any atom is -0.481 e. The molecule has 2 N–H and O–H groups in total. The average molecular weight is 447 g/mol. The molecule has 0 radical (unpaired) electrons. The van der Waals surface area contributed by atoms with Gasteiger partial charge in [-0.1, -0.05) is 40.7 Å². The van der Waals surface area contributed by atoms with E-state index in [9.17, 15) is 9.90 Å². The molecule has 0 aromatic heterocycles. The zero-order valence-electron chi connectivity index (χ0n) is 20.1. The lowest BCUT2D eigenvalue weighted by Crippen LogP contribution is -2.34. The van der Waals surface area contributed by atoms with Gasteiger partial charge in [0.1, 0.15) is 0 Å². The summed E-state index contributed by atoms with van der Waals surface area (Å²) in [6.07, 6.45) is 5.59. The topological polar surface area (TPSA) is 52.6 Å². The van der Waals surface area contributed by atoms with Gasteiger partial charge in [0.2, 0.25) is 0 Å². The van der Waals surface area contributed by atoms with Crippen molar-refractivity contribution in [2.75, 3.05) is 29.1 Å². The van der Waals surface area contributed by atoms with Crippen LogP contribution in [-0.4, -0.2) is 41.2 Å². The fraction of sp³-hybridized carbons (Fsp3) is 0.731. The van der Waals surface area contributed by atoms with Gasteiger partial charge in [-0.2, -0.15) is 11.8 Å². The van der Waals surface area contributed by atoms with Gasteiger partial charge in [-0.3, -0.25) is 4.79 Å². The second-order valence-corrected chi connectivity index (χ2v) is 11.9. The van der Waals surface area contributed by atoms with Gasteiger partial charge in [-0.05, 0) is 67.1 Å². The molecular formula is C26H42N2O2S. The number of hydrogen-bond acceptors (Lipinski definition) is 4. The second kappa shape index (κ2) is 11.0. The summed E-state index contributed by atoms with van der Waals surface area (Å²) in [5.74, 6) is 2.60. The predicted molar refractivity (Wildman–Crippen MR) is 135 cm³/mol. The fourth-order valence-corrected chi connectivity index (χ4v) is 6.31. The molecule has 1 aromatic carbocycles. The molecule has 1 aliphatic carbocycles. The van der Waals surface area contributed by atoms with Crippen molar-refractivity contribution in [3.05, 3.63) is 23.8 Å². The molecule has 1 saturated carbocycles. The molecule has 0 spiro atoms. The second-order valence-electron chi connectivity index (χ2n) is 10.6. The number of carboxylic acid groups (broad SMARTS) is 1. The van der Waals surface area contributed by atoms with Crippen molar-refractivity contribution in [1.29, 1.82) is 0 Å². The molecule has 3 unspecified atom stereocenters. The number of benzene rings is 1.